The lowest BCUT2D eigenvalue weighted by Crippen LogP contribution is -2.40. The fraction of sp³-hybridized carbons (Fsp3) is 0.467. The second-order valence-corrected chi connectivity index (χ2v) is 14.0. The molecule has 4 saturated carbocycles. The molecule has 0 atom stereocenters. The van der Waals surface area contributed by atoms with Gasteiger partial charge in [0.05, 0.1) is 12.1 Å². The molecule has 4 bridgehead atoms. The van der Waals surface area contributed by atoms with Gasteiger partial charge < -0.3 is 14.0 Å². The lowest BCUT2D eigenvalue weighted by Gasteiger charge is -2.51. The van der Waals surface area contributed by atoms with Gasteiger partial charge in [0.1, 0.15) is 23.9 Å². The van der Waals surface area contributed by atoms with Crippen LogP contribution >= 0.6 is 19.0 Å². The maximum atomic E-state index is 11.9. The van der Waals surface area contributed by atoms with Gasteiger partial charge in [0.2, 0.25) is 7.37 Å². The number of rotatable bonds is 8. The predicted octanol–water partition coefficient (Wildman–Crippen LogP) is 8.68. The van der Waals surface area contributed by atoms with Crippen molar-refractivity contribution >= 4 is 30.8 Å². The molecule has 0 radical (unpaired) electrons. The predicted molar refractivity (Wildman–Crippen MR) is 148 cm³/mol. The standard InChI is InChI=1S/C30H36ClO4P/c1-5-6-22-9-12-26(30(33-2)27-23-14-20-13-21(16-23)17-24(27)15-20)28(31)29(22)34-18-19-7-10-25(11-8-19)35-36(3,4)32/h5-12,20-21,23-24H,13-18H2,1-4H3/b6-5+,30-27?. The highest BCUT2D eigenvalue weighted by Gasteiger charge is 2.47. The average Bonchev–Trinajstić information content (AvgIpc) is 2.81. The fourth-order valence-electron chi connectivity index (χ4n) is 6.71. The average molecular weight is 527 g/mol. The number of halogens is 1. The van der Waals surface area contributed by atoms with Crippen LogP contribution < -0.4 is 9.26 Å². The van der Waals surface area contributed by atoms with Crippen molar-refractivity contribution in [1.82, 2.24) is 0 Å². The van der Waals surface area contributed by atoms with E-state index < -0.39 is 7.37 Å². The summed E-state index contributed by atoms with van der Waals surface area (Å²) in [6.45, 7) is 5.56. The zero-order chi connectivity index (χ0) is 25.4. The molecule has 4 nitrogen and oxygen atoms in total. The smallest absolute Gasteiger partial charge is 0.242 e. The van der Waals surface area contributed by atoms with Crippen molar-refractivity contribution in [2.75, 3.05) is 20.4 Å². The van der Waals surface area contributed by atoms with E-state index in [0.29, 0.717) is 35.0 Å². The highest BCUT2D eigenvalue weighted by molar-refractivity contribution is 7.57. The van der Waals surface area contributed by atoms with Gasteiger partial charge in [-0.1, -0.05) is 42.0 Å². The Balaban J connectivity index is 1.44. The molecule has 0 saturated heterocycles. The maximum Gasteiger partial charge on any atom is 0.242 e. The summed E-state index contributed by atoms with van der Waals surface area (Å²) < 4.78 is 29.9. The second kappa shape index (κ2) is 10.3. The number of hydrogen-bond donors (Lipinski definition) is 0. The van der Waals surface area contributed by atoms with Crippen LogP contribution in [0.1, 0.15) is 55.7 Å². The number of methoxy groups -OCH3 is 1. The molecule has 6 heteroatoms. The van der Waals surface area contributed by atoms with Crippen LogP contribution in [0.25, 0.3) is 11.8 Å². The first-order valence-corrected chi connectivity index (χ1v) is 15.8. The third kappa shape index (κ3) is 5.27. The van der Waals surface area contributed by atoms with Gasteiger partial charge in [-0.05, 0) is 92.0 Å². The Kier molecular flexibility index (Phi) is 7.30. The molecular weight excluding hydrogens is 491 g/mol. The van der Waals surface area contributed by atoms with Crippen molar-refractivity contribution in [3.63, 3.8) is 0 Å². The lowest BCUT2D eigenvalue weighted by molar-refractivity contribution is 0.0675. The van der Waals surface area contributed by atoms with Gasteiger partial charge in [0.15, 0.2) is 0 Å². The summed E-state index contributed by atoms with van der Waals surface area (Å²) in [5, 5.41) is 0.599. The molecule has 4 fully saturated rings. The van der Waals surface area contributed by atoms with E-state index in [9.17, 15) is 4.57 Å². The van der Waals surface area contributed by atoms with Crippen molar-refractivity contribution in [2.45, 2.75) is 45.6 Å². The Morgan fingerprint density at radius 2 is 1.64 bits per heavy atom. The lowest BCUT2D eigenvalue weighted by atomic mass is 9.54. The maximum absolute atomic E-state index is 11.9. The number of hydrogen-bond acceptors (Lipinski definition) is 4. The number of allylic oxidation sites excluding steroid dienone is 2. The van der Waals surface area contributed by atoms with Crippen molar-refractivity contribution < 1.29 is 18.6 Å². The quantitative estimate of drug-likeness (QED) is 0.255. The summed E-state index contributed by atoms with van der Waals surface area (Å²) >= 11 is 7.08. The molecule has 192 valence electrons. The first-order valence-electron chi connectivity index (χ1n) is 13.0. The number of benzene rings is 2. The Hall–Kier alpha value is -2.16. The topological polar surface area (TPSA) is 44.8 Å². The van der Waals surface area contributed by atoms with Crippen LogP contribution in [0, 0.1) is 23.7 Å². The van der Waals surface area contributed by atoms with E-state index in [1.165, 1.54) is 37.7 Å². The minimum Gasteiger partial charge on any atom is -0.496 e. The highest BCUT2D eigenvalue weighted by atomic mass is 35.5. The molecule has 0 spiro atoms. The largest absolute Gasteiger partial charge is 0.496 e. The minimum absolute atomic E-state index is 0.359. The molecular formula is C30H36ClO4P. The van der Waals surface area contributed by atoms with Crippen LogP contribution in [-0.2, 0) is 15.9 Å². The summed E-state index contributed by atoms with van der Waals surface area (Å²) in [6, 6.07) is 11.7. The van der Waals surface area contributed by atoms with Gasteiger partial charge in [0.25, 0.3) is 0 Å². The molecule has 2 aromatic carbocycles. The molecule has 4 aliphatic rings. The van der Waals surface area contributed by atoms with E-state index in [4.69, 9.17) is 25.6 Å². The van der Waals surface area contributed by atoms with Gasteiger partial charge in [-0.2, -0.15) is 0 Å². The molecule has 0 heterocycles. The van der Waals surface area contributed by atoms with Crippen molar-refractivity contribution in [3.8, 4) is 11.5 Å². The molecule has 4 aliphatic carbocycles. The first-order chi connectivity index (χ1) is 17.3. The Labute approximate surface area is 220 Å². The van der Waals surface area contributed by atoms with E-state index in [2.05, 4.69) is 12.1 Å². The van der Waals surface area contributed by atoms with E-state index in [0.717, 1.165) is 34.3 Å². The summed E-state index contributed by atoms with van der Waals surface area (Å²) in [7, 11) is -0.821. The van der Waals surface area contributed by atoms with Gasteiger partial charge in [-0.15, -0.1) is 0 Å². The second-order valence-electron chi connectivity index (χ2n) is 10.9. The van der Waals surface area contributed by atoms with Crippen molar-refractivity contribution in [1.29, 1.82) is 0 Å². The molecule has 2 aromatic rings. The summed E-state index contributed by atoms with van der Waals surface area (Å²) in [6.07, 6.45) is 10.6. The van der Waals surface area contributed by atoms with Crippen molar-refractivity contribution in [2.24, 2.45) is 23.7 Å². The van der Waals surface area contributed by atoms with Gasteiger partial charge in [0, 0.05) is 24.5 Å². The van der Waals surface area contributed by atoms with Crippen LogP contribution in [0.4, 0.5) is 0 Å². The summed E-state index contributed by atoms with van der Waals surface area (Å²) in [5.74, 6) is 5.23. The van der Waals surface area contributed by atoms with E-state index in [1.54, 1.807) is 20.4 Å². The van der Waals surface area contributed by atoms with Crippen LogP contribution in [0.3, 0.4) is 0 Å². The third-order valence-electron chi connectivity index (χ3n) is 7.83. The van der Waals surface area contributed by atoms with Gasteiger partial charge in [-0.3, -0.25) is 4.57 Å². The Morgan fingerprint density at radius 3 is 2.19 bits per heavy atom. The van der Waals surface area contributed by atoms with Crippen LogP contribution in [-0.4, -0.2) is 20.4 Å². The van der Waals surface area contributed by atoms with Crippen LogP contribution in [0.5, 0.6) is 11.5 Å². The third-order valence-corrected chi connectivity index (χ3v) is 8.86. The molecule has 0 unspecified atom stereocenters. The Morgan fingerprint density at radius 1 is 1.00 bits per heavy atom. The van der Waals surface area contributed by atoms with E-state index >= 15 is 0 Å². The minimum atomic E-state index is -2.60. The van der Waals surface area contributed by atoms with Crippen LogP contribution in [0.2, 0.25) is 5.02 Å². The Bertz CT molecular complexity index is 1190. The normalized spacial score (nSPS) is 24.9. The van der Waals surface area contributed by atoms with E-state index in [1.807, 2.05) is 43.3 Å². The number of ether oxygens (including phenoxy) is 2. The summed E-state index contributed by atoms with van der Waals surface area (Å²) in [4.78, 5) is 0. The van der Waals surface area contributed by atoms with E-state index in [-0.39, 0.29) is 0 Å². The molecule has 6 rings (SSSR count). The first kappa shape index (κ1) is 25.5. The molecule has 0 aromatic heterocycles. The molecule has 0 N–H and O–H groups in total. The zero-order valence-corrected chi connectivity index (χ0v) is 23.3. The van der Waals surface area contributed by atoms with Crippen LogP contribution in [0.15, 0.2) is 48.0 Å². The fourth-order valence-corrected chi connectivity index (χ4v) is 7.65. The molecule has 0 amide bonds. The van der Waals surface area contributed by atoms with Gasteiger partial charge in [-0.25, -0.2) is 0 Å². The monoisotopic (exact) mass is 526 g/mol. The highest BCUT2D eigenvalue weighted by Crippen LogP contribution is 2.58. The zero-order valence-electron chi connectivity index (χ0n) is 21.6. The molecule has 36 heavy (non-hydrogen) atoms. The molecule has 0 aliphatic heterocycles. The SMILES string of the molecule is C/C=C/c1ccc(C(OC)=C2C3CC4CC(C3)CC2C4)c(Cl)c1OCc1ccc(OP(C)(C)=O)cc1. The van der Waals surface area contributed by atoms with Crippen molar-refractivity contribution in [3.05, 3.63) is 69.8 Å². The summed E-state index contributed by atoms with van der Waals surface area (Å²) in [5.41, 5.74) is 4.32. The van der Waals surface area contributed by atoms with Gasteiger partial charge >= 0.3 is 0 Å².